The molecule has 6 heteroatoms. The van der Waals surface area contributed by atoms with Crippen molar-refractivity contribution in [1.29, 1.82) is 0 Å². The Morgan fingerprint density at radius 1 is 1.24 bits per heavy atom. The molecule has 1 aromatic heterocycles. The van der Waals surface area contributed by atoms with E-state index < -0.39 is 0 Å². The summed E-state index contributed by atoms with van der Waals surface area (Å²) >= 11 is 17.5. The van der Waals surface area contributed by atoms with Crippen LogP contribution in [0.4, 0.5) is 0 Å². The minimum absolute atomic E-state index is 0.468. The number of aromatic nitrogens is 2. The molecule has 17 heavy (non-hydrogen) atoms. The van der Waals surface area contributed by atoms with Crippen LogP contribution in [0.15, 0.2) is 22.7 Å². The first-order chi connectivity index (χ1) is 7.99. The molecule has 0 amide bonds. The summed E-state index contributed by atoms with van der Waals surface area (Å²) in [6, 6.07) is 5.47. The van der Waals surface area contributed by atoms with Gasteiger partial charge < -0.3 is 0 Å². The van der Waals surface area contributed by atoms with Crippen molar-refractivity contribution in [2.45, 2.75) is 6.92 Å². The zero-order valence-electron chi connectivity index (χ0n) is 8.64. The van der Waals surface area contributed by atoms with Crippen LogP contribution in [0.3, 0.4) is 0 Å². The number of hydrogen-bond acceptors (Lipinski definition) is 2. The topological polar surface area (TPSA) is 25.8 Å². The normalized spacial score (nSPS) is 10.6. The Hall–Kier alpha value is 0.0900. The lowest BCUT2D eigenvalue weighted by atomic mass is 10.2. The van der Waals surface area contributed by atoms with Crippen LogP contribution in [-0.2, 0) is 0 Å². The molecule has 1 heterocycles. The third-order valence-corrected chi connectivity index (χ3v) is 4.92. The number of benzene rings is 1. The number of aryl methyl sites for hydroxylation is 1. The SMILES string of the molecule is Cc1nc(-c2ccc(Cl)cc2Br)nc(Cl)c1I. The Kier molecular flexibility index (Phi) is 4.28. The standard InChI is InChI=1S/C11H6BrCl2IN2/c1-5-9(15)10(14)17-11(16-5)7-3-2-6(13)4-8(7)12/h2-4H,1H3. The van der Waals surface area contributed by atoms with Gasteiger partial charge in [-0.05, 0) is 63.6 Å². The summed E-state index contributed by atoms with van der Waals surface area (Å²) in [5, 5.41) is 1.13. The summed E-state index contributed by atoms with van der Waals surface area (Å²) in [6.45, 7) is 1.91. The van der Waals surface area contributed by atoms with Crippen LogP contribution in [0, 0.1) is 10.5 Å². The monoisotopic (exact) mass is 442 g/mol. The number of nitrogens with zero attached hydrogens (tertiary/aromatic N) is 2. The fourth-order valence-electron chi connectivity index (χ4n) is 1.32. The van der Waals surface area contributed by atoms with Crippen LogP contribution in [0.2, 0.25) is 10.2 Å². The molecule has 0 N–H and O–H groups in total. The van der Waals surface area contributed by atoms with Gasteiger partial charge in [0.15, 0.2) is 5.82 Å². The van der Waals surface area contributed by atoms with Crippen molar-refractivity contribution in [2.75, 3.05) is 0 Å². The van der Waals surface area contributed by atoms with Gasteiger partial charge in [0.05, 0.1) is 9.26 Å². The molecule has 0 saturated heterocycles. The molecule has 2 nitrogen and oxygen atoms in total. The largest absolute Gasteiger partial charge is 0.232 e. The van der Waals surface area contributed by atoms with Gasteiger partial charge >= 0.3 is 0 Å². The van der Waals surface area contributed by atoms with Gasteiger partial charge in [-0.2, -0.15) is 0 Å². The number of rotatable bonds is 1. The zero-order valence-corrected chi connectivity index (χ0v) is 13.9. The zero-order chi connectivity index (χ0) is 12.6. The van der Waals surface area contributed by atoms with Crippen LogP contribution in [-0.4, -0.2) is 9.97 Å². The lowest BCUT2D eigenvalue weighted by molar-refractivity contribution is 1.09. The van der Waals surface area contributed by atoms with Crippen LogP contribution in [0.25, 0.3) is 11.4 Å². The average molecular weight is 444 g/mol. The number of halogens is 4. The maximum Gasteiger partial charge on any atom is 0.162 e. The maximum atomic E-state index is 6.05. The van der Waals surface area contributed by atoms with Crippen molar-refractivity contribution >= 4 is 61.7 Å². The van der Waals surface area contributed by atoms with E-state index in [4.69, 9.17) is 23.2 Å². The summed E-state index contributed by atoms with van der Waals surface area (Å²) in [7, 11) is 0. The molecule has 0 fully saturated rings. The molecule has 0 spiro atoms. The van der Waals surface area contributed by atoms with Crippen molar-refractivity contribution in [1.82, 2.24) is 9.97 Å². The van der Waals surface area contributed by atoms with Crippen molar-refractivity contribution in [3.63, 3.8) is 0 Å². The Morgan fingerprint density at radius 3 is 2.53 bits per heavy atom. The van der Waals surface area contributed by atoms with E-state index in [0.29, 0.717) is 16.0 Å². The summed E-state index contributed by atoms with van der Waals surface area (Å²) in [4.78, 5) is 8.69. The fraction of sp³-hybridized carbons (Fsp3) is 0.0909. The highest BCUT2D eigenvalue weighted by molar-refractivity contribution is 14.1. The summed E-state index contributed by atoms with van der Waals surface area (Å²) < 4.78 is 1.72. The first-order valence-electron chi connectivity index (χ1n) is 4.64. The molecule has 88 valence electrons. The van der Waals surface area contributed by atoms with Gasteiger partial charge in [-0.3, -0.25) is 0 Å². The van der Waals surface area contributed by atoms with E-state index >= 15 is 0 Å². The minimum Gasteiger partial charge on any atom is -0.232 e. The van der Waals surface area contributed by atoms with Gasteiger partial charge in [-0.1, -0.05) is 23.2 Å². The molecular weight excluding hydrogens is 438 g/mol. The first-order valence-corrected chi connectivity index (χ1v) is 7.27. The van der Waals surface area contributed by atoms with Gasteiger partial charge in [0, 0.05) is 15.1 Å². The molecule has 0 bridgehead atoms. The van der Waals surface area contributed by atoms with Gasteiger partial charge in [-0.25, -0.2) is 9.97 Å². The highest BCUT2D eigenvalue weighted by Crippen LogP contribution is 2.30. The fourth-order valence-corrected chi connectivity index (χ4v) is 2.63. The third kappa shape index (κ3) is 2.92. The predicted molar refractivity (Wildman–Crippen MR) is 82.6 cm³/mol. The van der Waals surface area contributed by atoms with Crippen molar-refractivity contribution in [3.8, 4) is 11.4 Å². The van der Waals surface area contributed by atoms with Crippen LogP contribution in [0.1, 0.15) is 5.69 Å². The van der Waals surface area contributed by atoms with Gasteiger partial charge in [0.2, 0.25) is 0 Å². The highest BCUT2D eigenvalue weighted by Gasteiger charge is 2.11. The summed E-state index contributed by atoms with van der Waals surface area (Å²) in [5.41, 5.74) is 1.73. The summed E-state index contributed by atoms with van der Waals surface area (Å²) in [6.07, 6.45) is 0. The molecule has 2 rings (SSSR count). The van der Waals surface area contributed by atoms with Crippen molar-refractivity contribution in [3.05, 3.63) is 42.1 Å². The second-order valence-electron chi connectivity index (χ2n) is 3.36. The molecule has 1 aromatic carbocycles. The van der Waals surface area contributed by atoms with Gasteiger partial charge in [0.1, 0.15) is 5.15 Å². The smallest absolute Gasteiger partial charge is 0.162 e. The van der Waals surface area contributed by atoms with Crippen molar-refractivity contribution < 1.29 is 0 Å². The second kappa shape index (κ2) is 5.38. The van der Waals surface area contributed by atoms with E-state index in [2.05, 4.69) is 48.5 Å². The van der Waals surface area contributed by atoms with E-state index in [1.165, 1.54) is 0 Å². The first kappa shape index (κ1) is 13.5. The average Bonchev–Trinajstić information content (AvgIpc) is 2.25. The highest BCUT2D eigenvalue weighted by atomic mass is 127. The Labute approximate surface area is 131 Å². The molecule has 2 aromatic rings. The van der Waals surface area contributed by atoms with E-state index in [0.717, 1.165) is 19.3 Å². The van der Waals surface area contributed by atoms with E-state index in [1.807, 2.05) is 13.0 Å². The van der Waals surface area contributed by atoms with Gasteiger partial charge in [-0.15, -0.1) is 0 Å². The molecule has 0 saturated carbocycles. The molecular formula is C11H6BrCl2IN2. The molecule has 0 radical (unpaired) electrons. The Balaban J connectivity index is 2.61. The second-order valence-corrected chi connectivity index (χ2v) is 6.09. The predicted octanol–water partition coefficient (Wildman–Crippen LogP) is 5.13. The lowest BCUT2D eigenvalue weighted by Gasteiger charge is -2.07. The van der Waals surface area contributed by atoms with Crippen LogP contribution in [0.5, 0.6) is 0 Å². The molecule has 0 atom stereocenters. The Bertz CT molecular complexity index is 567. The quantitative estimate of drug-likeness (QED) is 0.451. The van der Waals surface area contributed by atoms with E-state index in [9.17, 15) is 0 Å². The van der Waals surface area contributed by atoms with E-state index in [1.54, 1.807) is 12.1 Å². The molecule has 0 aliphatic rings. The minimum atomic E-state index is 0.468. The summed E-state index contributed by atoms with van der Waals surface area (Å²) in [5.74, 6) is 0.594. The Morgan fingerprint density at radius 2 is 1.94 bits per heavy atom. The lowest BCUT2D eigenvalue weighted by Crippen LogP contribution is -1.97. The van der Waals surface area contributed by atoms with Crippen molar-refractivity contribution in [2.24, 2.45) is 0 Å². The van der Waals surface area contributed by atoms with Crippen LogP contribution >= 0.6 is 61.7 Å². The maximum absolute atomic E-state index is 6.05. The third-order valence-electron chi connectivity index (χ3n) is 2.15. The molecule has 0 unspecified atom stereocenters. The van der Waals surface area contributed by atoms with Gasteiger partial charge in [0.25, 0.3) is 0 Å². The number of hydrogen-bond donors (Lipinski definition) is 0. The molecule has 0 aliphatic carbocycles. The molecule has 0 aliphatic heterocycles. The van der Waals surface area contributed by atoms with E-state index in [-0.39, 0.29) is 0 Å². The van der Waals surface area contributed by atoms with Crippen LogP contribution < -0.4 is 0 Å².